The highest BCUT2D eigenvalue weighted by atomic mass is 16.8. The van der Waals surface area contributed by atoms with E-state index in [2.05, 4.69) is 20.8 Å². The first kappa shape index (κ1) is 28.8. The van der Waals surface area contributed by atoms with Crippen molar-refractivity contribution in [2.75, 3.05) is 56.6 Å². The van der Waals surface area contributed by atoms with Crippen LogP contribution in [0.5, 0.6) is 0 Å². The predicted octanol–water partition coefficient (Wildman–Crippen LogP) is 3.45. The van der Waals surface area contributed by atoms with Gasteiger partial charge in [0.05, 0.1) is 18.2 Å². The average Bonchev–Trinajstić information content (AvgIpc) is 3.02. The Balaban J connectivity index is 1.24. The number of pyridine rings is 1. The third kappa shape index (κ3) is 5.26. The van der Waals surface area contributed by atoms with Crippen LogP contribution in [0.1, 0.15) is 55.7 Å². The minimum atomic E-state index is -0.323. The number of piperidine rings is 3. The molecule has 0 saturated carbocycles. The maximum atomic E-state index is 14.8. The van der Waals surface area contributed by atoms with E-state index in [0.29, 0.717) is 44.6 Å². The third-order valence-corrected chi connectivity index (χ3v) is 11.1. The molecule has 5 aliphatic rings. The topological polar surface area (TPSA) is 105 Å². The van der Waals surface area contributed by atoms with E-state index < -0.39 is 0 Å². The molecule has 2 unspecified atom stereocenters. The number of amides is 1. The molecule has 10 heteroatoms. The van der Waals surface area contributed by atoms with Gasteiger partial charge in [-0.15, -0.1) is 0 Å². The summed E-state index contributed by atoms with van der Waals surface area (Å²) in [5.74, 6) is 0.603. The van der Waals surface area contributed by atoms with Gasteiger partial charge in [0, 0.05) is 68.7 Å². The number of fused-ring (bicyclic) bond motifs is 9. The number of methoxy groups -OCH3 is 1. The van der Waals surface area contributed by atoms with E-state index in [1.54, 1.807) is 25.3 Å². The standard InChI is InChI=1S/C33H44N5O5/c1-43-15-14-35(19-22-6-5-13-34-12-3-2-7-28(22)34)33(40)27-18-23-17-26(38(41)42)10-11-30(23)37-20-24-16-25(32(27)37)21-36-29(24)8-4-9-31(36)39/h4,8-11,17,22,24-25,27-28,32,41H,2-3,5-7,12-16,18-21H2,1H3/q-1/t22-,24?,25?,27+,28+,32-/m0/s1. The fourth-order valence-electron chi connectivity index (χ4n) is 9.24. The molecule has 6 atom stereocenters. The van der Waals surface area contributed by atoms with Crippen LogP contribution in [0, 0.1) is 23.0 Å². The van der Waals surface area contributed by atoms with E-state index in [1.807, 2.05) is 16.7 Å². The summed E-state index contributed by atoms with van der Waals surface area (Å²) in [6, 6.07) is 11.3. The number of hydrogen-bond donors (Lipinski definition) is 1. The van der Waals surface area contributed by atoms with Gasteiger partial charge in [0.2, 0.25) is 5.91 Å². The molecule has 7 rings (SSSR count). The maximum Gasteiger partial charge on any atom is 0.250 e. The van der Waals surface area contributed by atoms with Crippen molar-refractivity contribution in [1.29, 1.82) is 0 Å². The van der Waals surface area contributed by atoms with E-state index in [-0.39, 0.29) is 46.2 Å². The van der Waals surface area contributed by atoms with Gasteiger partial charge in [0.25, 0.3) is 5.56 Å². The normalized spacial score (nSPS) is 29.6. The van der Waals surface area contributed by atoms with Gasteiger partial charge < -0.3 is 34.4 Å². The third-order valence-electron chi connectivity index (χ3n) is 11.1. The highest BCUT2D eigenvalue weighted by Crippen LogP contribution is 2.48. The first-order valence-corrected chi connectivity index (χ1v) is 16.2. The van der Waals surface area contributed by atoms with Crippen molar-refractivity contribution < 1.29 is 14.7 Å². The van der Waals surface area contributed by atoms with Gasteiger partial charge >= 0.3 is 0 Å². The molecule has 1 amide bonds. The molecule has 2 aromatic rings. The van der Waals surface area contributed by atoms with Crippen LogP contribution in [0.4, 0.5) is 11.4 Å². The van der Waals surface area contributed by atoms with Crippen LogP contribution in [0.3, 0.4) is 0 Å². The van der Waals surface area contributed by atoms with Gasteiger partial charge in [-0.2, -0.15) is 0 Å². The highest BCUT2D eigenvalue weighted by molar-refractivity contribution is 5.83. The monoisotopic (exact) mass is 590 g/mol. The molecule has 6 heterocycles. The number of hydrogen-bond acceptors (Lipinski definition) is 8. The fraction of sp³-hybridized carbons (Fsp3) is 0.636. The van der Waals surface area contributed by atoms with Crippen molar-refractivity contribution in [2.24, 2.45) is 17.8 Å². The fourth-order valence-corrected chi connectivity index (χ4v) is 9.24. The molecular weight excluding hydrogens is 546 g/mol. The molecule has 1 aromatic carbocycles. The quantitative estimate of drug-likeness (QED) is 0.489. The minimum absolute atomic E-state index is 0.0268. The van der Waals surface area contributed by atoms with Gasteiger partial charge in [-0.25, -0.2) is 0 Å². The van der Waals surface area contributed by atoms with Crippen LogP contribution < -0.4 is 15.7 Å². The maximum absolute atomic E-state index is 14.8. The molecule has 43 heavy (non-hydrogen) atoms. The first-order chi connectivity index (χ1) is 20.9. The SMILES string of the molecule is COCCN(C[C@@H]1CCCN2CCCC[C@H]12)C(=O)[C@@H]1Cc2cc(N([O-])O)ccc2N2CC3CC(Cn4c3cccc4=O)[C@@H]12. The van der Waals surface area contributed by atoms with Crippen molar-refractivity contribution >= 4 is 17.3 Å². The number of carbonyl (C=O) groups is 1. The van der Waals surface area contributed by atoms with Crippen LogP contribution >= 0.6 is 0 Å². The van der Waals surface area contributed by atoms with Gasteiger partial charge in [-0.1, -0.05) is 12.5 Å². The Kier molecular flexibility index (Phi) is 7.96. The summed E-state index contributed by atoms with van der Waals surface area (Å²) < 4.78 is 7.44. The molecule has 0 spiro atoms. The molecule has 0 radical (unpaired) electrons. The smallest absolute Gasteiger partial charge is 0.250 e. The zero-order valence-corrected chi connectivity index (χ0v) is 25.1. The van der Waals surface area contributed by atoms with Crippen LogP contribution in [-0.2, 0) is 22.5 Å². The Bertz CT molecular complexity index is 1390. The Morgan fingerprint density at radius 2 is 1.98 bits per heavy atom. The number of aromatic nitrogens is 1. The minimum Gasteiger partial charge on any atom is -0.733 e. The van der Waals surface area contributed by atoms with Crippen LogP contribution in [0.25, 0.3) is 0 Å². The van der Waals surface area contributed by atoms with Gasteiger partial charge in [0.15, 0.2) is 0 Å². The molecule has 3 saturated heterocycles. The second-order valence-electron chi connectivity index (χ2n) is 13.4. The molecule has 1 aromatic heterocycles. The predicted molar refractivity (Wildman–Crippen MR) is 164 cm³/mol. The molecule has 0 aliphatic carbocycles. The zero-order valence-electron chi connectivity index (χ0n) is 25.1. The number of rotatable bonds is 7. The molecule has 232 valence electrons. The molecular formula is C33H44N5O5-. The lowest BCUT2D eigenvalue weighted by Gasteiger charge is -2.55. The number of benzene rings is 1. The molecule has 2 bridgehead atoms. The van der Waals surface area contributed by atoms with Crippen molar-refractivity contribution in [1.82, 2.24) is 14.4 Å². The number of carbonyl (C=O) groups excluding carboxylic acids is 1. The summed E-state index contributed by atoms with van der Waals surface area (Å²) in [6.07, 6.45) is 7.49. The van der Waals surface area contributed by atoms with E-state index in [1.165, 1.54) is 25.7 Å². The van der Waals surface area contributed by atoms with E-state index >= 15 is 0 Å². The Hall–Kier alpha value is -2.92. The number of anilines is 2. The summed E-state index contributed by atoms with van der Waals surface area (Å²) in [5.41, 5.74) is 3.20. The Morgan fingerprint density at radius 1 is 1.12 bits per heavy atom. The van der Waals surface area contributed by atoms with Gasteiger partial charge in [-0.05, 0) is 93.3 Å². The summed E-state index contributed by atoms with van der Waals surface area (Å²) in [4.78, 5) is 34.9. The van der Waals surface area contributed by atoms with Crippen LogP contribution in [0.15, 0.2) is 41.2 Å². The lowest BCUT2D eigenvalue weighted by atomic mass is 9.69. The van der Waals surface area contributed by atoms with Crippen molar-refractivity contribution in [3.8, 4) is 0 Å². The van der Waals surface area contributed by atoms with Crippen molar-refractivity contribution in [3.05, 3.63) is 63.2 Å². The summed E-state index contributed by atoms with van der Waals surface area (Å²) >= 11 is 0. The van der Waals surface area contributed by atoms with E-state index in [4.69, 9.17) is 4.74 Å². The molecule has 5 aliphatic heterocycles. The number of nitrogens with zero attached hydrogens (tertiary/aromatic N) is 5. The first-order valence-electron chi connectivity index (χ1n) is 16.2. The largest absolute Gasteiger partial charge is 0.733 e. The summed E-state index contributed by atoms with van der Waals surface area (Å²) in [7, 11) is 1.69. The lowest BCUT2D eigenvalue weighted by Crippen LogP contribution is -2.62. The van der Waals surface area contributed by atoms with Crippen molar-refractivity contribution in [2.45, 2.75) is 69.5 Å². The average molecular weight is 591 g/mol. The lowest BCUT2D eigenvalue weighted by molar-refractivity contribution is -0.139. The van der Waals surface area contributed by atoms with E-state index in [9.17, 15) is 20.0 Å². The Labute approximate surface area is 253 Å². The summed E-state index contributed by atoms with van der Waals surface area (Å²) in [5, 5.41) is 21.5. The Morgan fingerprint density at radius 3 is 2.81 bits per heavy atom. The number of ether oxygens (including phenoxy) is 1. The zero-order chi connectivity index (χ0) is 29.7. The highest BCUT2D eigenvalue weighted by Gasteiger charge is 2.50. The van der Waals surface area contributed by atoms with Crippen LogP contribution in [0.2, 0.25) is 0 Å². The van der Waals surface area contributed by atoms with E-state index in [0.717, 1.165) is 49.4 Å². The van der Waals surface area contributed by atoms with Gasteiger partial charge in [0.1, 0.15) is 0 Å². The summed E-state index contributed by atoms with van der Waals surface area (Å²) in [6.45, 7) is 5.41. The molecule has 10 nitrogen and oxygen atoms in total. The second kappa shape index (κ2) is 11.9. The second-order valence-corrected chi connectivity index (χ2v) is 13.4. The van der Waals surface area contributed by atoms with Crippen LogP contribution in [-0.4, -0.2) is 84.0 Å². The van der Waals surface area contributed by atoms with Crippen molar-refractivity contribution in [3.63, 3.8) is 0 Å². The molecule has 1 N–H and O–H groups in total. The molecule has 3 fully saturated rings. The van der Waals surface area contributed by atoms with Gasteiger partial charge in [-0.3, -0.25) is 14.8 Å².